The first kappa shape index (κ1) is 16.5. The standard InChI is InChI=1S/C18H22N4O2S/c1-11(24)22-6-5-13(8-22)19-15-4-2-3-12-7-16(21-17(12)15)18-20-14(9-23)10-25-18/h2-4,7,13-14,19,21,23H,5-6,8-10H2,1H3/t13-,14-/m1/s1. The maximum Gasteiger partial charge on any atom is 0.219 e. The number of H-pyrrole nitrogens is 1. The van der Waals surface area contributed by atoms with Gasteiger partial charge in [0.1, 0.15) is 5.04 Å². The molecule has 4 rings (SSSR count). The fourth-order valence-electron chi connectivity index (χ4n) is 3.43. The van der Waals surface area contributed by atoms with Crippen LogP contribution >= 0.6 is 11.8 Å². The molecule has 1 aromatic carbocycles. The normalized spacial score (nSPS) is 23.3. The fourth-order valence-corrected chi connectivity index (χ4v) is 4.45. The summed E-state index contributed by atoms with van der Waals surface area (Å²) in [6, 6.07) is 8.58. The highest BCUT2D eigenvalue weighted by Gasteiger charge is 2.25. The molecule has 0 saturated carbocycles. The molecule has 7 heteroatoms. The van der Waals surface area contributed by atoms with Crippen molar-refractivity contribution in [2.45, 2.75) is 25.4 Å². The largest absolute Gasteiger partial charge is 0.394 e. The summed E-state index contributed by atoms with van der Waals surface area (Å²) >= 11 is 1.68. The van der Waals surface area contributed by atoms with E-state index in [9.17, 15) is 9.90 Å². The van der Waals surface area contributed by atoms with Gasteiger partial charge in [-0.25, -0.2) is 0 Å². The Labute approximate surface area is 150 Å². The van der Waals surface area contributed by atoms with Crippen molar-refractivity contribution in [1.29, 1.82) is 0 Å². The summed E-state index contributed by atoms with van der Waals surface area (Å²) < 4.78 is 0. The first-order valence-electron chi connectivity index (χ1n) is 8.59. The molecule has 0 bridgehead atoms. The van der Waals surface area contributed by atoms with Gasteiger partial charge in [0.15, 0.2) is 0 Å². The monoisotopic (exact) mass is 358 g/mol. The lowest BCUT2D eigenvalue weighted by molar-refractivity contribution is -0.127. The Balaban J connectivity index is 1.57. The van der Waals surface area contributed by atoms with E-state index >= 15 is 0 Å². The number of aliphatic hydroxyl groups excluding tert-OH is 1. The van der Waals surface area contributed by atoms with E-state index in [1.54, 1.807) is 18.7 Å². The average Bonchev–Trinajstić information content (AvgIpc) is 3.33. The van der Waals surface area contributed by atoms with Crippen molar-refractivity contribution in [3.8, 4) is 0 Å². The predicted molar refractivity (Wildman–Crippen MR) is 102 cm³/mol. The number of aliphatic imine (C=N–C) groups is 1. The molecule has 1 amide bonds. The lowest BCUT2D eigenvalue weighted by Gasteiger charge is -2.16. The lowest BCUT2D eigenvalue weighted by Crippen LogP contribution is -2.29. The first-order chi connectivity index (χ1) is 12.1. The van der Waals surface area contributed by atoms with Crippen molar-refractivity contribution in [2.75, 3.05) is 30.8 Å². The van der Waals surface area contributed by atoms with E-state index in [0.717, 1.165) is 52.6 Å². The number of likely N-dealkylation sites (tertiary alicyclic amines) is 1. The predicted octanol–water partition coefficient (Wildman–Crippen LogP) is 2.05. The minimum atomic E-state index is 0.0000558. The summed E-state index contributed by atoms with van der Waals surface area (Å²) in [7, 11) is 0. The van der Waals surface area contributed by atoms with Crippen molar-refractivity contribution in [1.82, 2.24) is 9.88 Å². The van der Waals surface area contributed by atoms with Crippen LogP contribution in [0.2, 0.25) is 0 Å². The van der Waals surface area contributed by atoms with Crippen LogP contribution in [0.15, 0.2) is 29.3 Å². The zero-order valence-corrected chi connectivity index (χ0v) is 15.0. The van der Waals surface area contributed by atoms with Crippen molar-refractivity contribution < 1.29 is 9.90 Å². The van der Waals surface area contributed by atoms with Gasteiger partial charge >= 0.3 is 0 Å². The summed E-state index contributed by atoms with van der Waals surface area (Å²) in [5.74, 6) is 0.967. The minimum Gasteiger partial charge on any atom is -0.394 e. The Morgan fingerprint density at radius 3 is 3.12 bits per heavy atom. The molecule has 0 radical (unpaired) electrons. The molecule has 132 valence electrons. The van der Waals surface area contributed by atoms with Crippen LogP contribution in [0.4, 0.5) is 5.69 Å². The molecule has 1 saturated heterocycles. The van der Waals surface area contributed by atoms with Gasteiger partial charge in [0, 0.05) is 37.2 Å². The Hall–Kier alpha value is -1.99. The summed E-state index contributed by atoms with van der Waals surface area (Å²) in [6.07, 6.45) is 0.963. The van der Waals surface area contributed by atoms with Crippen molar-refractivity contribution >= 4 is 39.3 Å². The van der Waals surface area contributed by atoms with Crippen LogP contribution in [-0.4, -0.2) is 63.5 Å². The highest BCUT2D eigenvalue weighted by Crippen LogP contribution is 2.29. The number of thioether (sulfide) groups is 1. The smallest absolute Gasteiger partial charge is 0.219 e. The van der Waals surface area contributed by atoms with Crippen molar-refractivity contribution in [3.05, 3.63) is 30.0 Å². The maximum absolute atomic E-state index is 11.5. The van der Waals surface area contributed by atoms with E-state index in [1.165, 1.54) is 0 Å². The number of hydrogen-bond acceptors (Lipinski definition) is 5. The molecule has 2 atom stereocenters. The average molecular weight is 358 g/mol. The van der Waals surface area contributed by atoms with E-state index in [0.29, 0.717) is 0 Å². The van der Waals surface area contributed by atoms with E-state index in [-0.39, 0.29) is 24.6 Å². The van der Waals surface area contributed by atoms with Crippen LogP contribution in [-0.2, 0) is 4.79 Å². The van der Waals surface area contributed by atoms with Crippen LogP contribution in [0.1, 0.15) is 19.0 Å². The van der Waals surface area contributed by atoms with Gasteiger partial charge in [-0.15, -0.1) is 11.8 Å². The van der Waals surface area contributed by atoms with Gasteiger partial charge in [0.25, 0.3) is 0 Å². The highest BCUT2D eigenvalue weighted by molar-refractivity contribution is 8.14. The van der Waals surface area contributed by atoms with E-state index in [1.807, 2.05) is 11.0 Å². The number of aromatic nitrogens is 1. The zero-order chi connectivity index (χ0) is 17.4. The third-order valence-electron chi connectivity index (χ3n) is 4.80. The minimum absolute atomic E-state index is 0.0000558. The van der Waals surface area contributed by atoms with E-state index in [2.05, 4.69) is 33.5 Å². The molecule has 25 heavy (non-hydrogen) atoms. The van der Waals surface area contributed by atoms with Crippen molar-refractivity contribution in [2.24, 2.45) is 4.99 Å². The second kappa shape index (κ2) is 6.72. The number of rotatable bonds is 4. The van der Waals surface area contributed by atoms with Crippen LogP contribution in [0.25, 0.3) is 10.9 Å². The van der Waals surface area contributed by atoms with Crippen LogP contribution in [0, 0.1) is 0 Å². The summed E-state index contributed by atoms with van der Waals surface area (Å²) in [4.78, 5) is 21.5. The van der Waals surface area contributed by atoms with E-state index in [4.69, 9.17) is 0 Å². The van der Waals surface area contributed by atoms with Crippen LogP contribution in [0.3, 0.4) is 0 Å². The van der Waals surface area contributed by atoms with Gasteiger partial charge in [0.2, 0.25) is 5.91 Å². The van der Waals surface area contributed by atoms with Gasteiger partial charge in [-0.2, -0.15) is 0 Å². The second-order valence-electron chi connectivity index (χ2n) is 6.63. The molecule has 6 nitrogen and oxygen atoms in total. The number of anilines is 1. The number of aliphatic hydroxyl groups is 1. The van der Waals surface area contributed by atoms with Crippen LogP contribution < -0.4 is 5.32 Å². The van der Waals surface area contributed by atoms with Gasteiger partial charge in [-0.3, -0.25) is 9.79 Å². The van der Waals surface area contributed by atoms with Gasteiger partial charge < -0.3 is 20.3 Å². The van der Waals surface area contributed by atoms with E-state index < -0.39 is 0 Å². The molecule has 0 unspecified atom stereocenters. The number of carbonyl (C=O) groups excluding carboxylic acids is 1. The summed E-state index contributed by atoms with van der Waals surface area (Å²) in [6.45, 7) is 3.28. The fraction of sp³-hybridized carbons (Fsp3) is 0.444. The molecule has 2 aliphatic heterocycles. The number of amides is 1. The molecule has 1 aromatic heterocycles. The van der Waals surface area contributed by atoms with Gasteiger partial charge in [-0.1, -0.05) is 12.1 Å². The summed E-state index contributed by atoms with van der Waals surface area (Å²) in [5.41, 5.74) is 3.12. The summed E-state index contributed by atoms with van der Waals surface area (Å²) in [5, 5.41) is 14.9. The molecule has 0 spiro atoms. The third-order valence-corrected chi connectivity index (χ3v) is 5.95. The Morgan fingerprint density at radius 2 is 2.40 bits per heavy atom. The number of hydrogen-bond donors (Lipinski definition) is 3. The van der Waals surface area contributed by atoms with Crippen molar-refractivity contribution in [3.63, 3.8) is 0 Å². The Bertz CT molecular complexity index is 832. The number of fused-ring (bicyclic) bond motifs is 1. The van der Waals surface area contributed by atoms with Gasteiger partial charge in [-0.05, 0) is 18.6 Å². The highest BCUT2D eigenvalue weighted by atomic mass is 32.2. The number of para-hydroxylation sites is 1. The molecule has 0 aliphatic carbocycles. The first-order valence-corrected chi connectivity index (χ1v) is 9.58. The zero-order valence-electron chi connectivity index (χ0n) is 14.2. The third kappa shape index (κ3) is 3.26. The SMILES string of the molecule is CC(=O)N1CC[C@@H](Nc2cccc3cc(C4=N[C@H](CO)CS4)[nH]c23)C1. The Kier molecular flexibility index (Phi) is 4.43. The molecule has 2 aliphatic rings. The molecule has 3 N–H and O–H groups in total. The quantitative estimate of drug-likeness (QED) is 0.781. The number of nitrogens with zero attached hydrogens (tertiary/aromatic N) is 2. The van der Waals surface area contributed by atoms with Crippen LogP contribution in [0.5, 0.6) is 0 Å². The molecule has 3 heterocycles. The van der Waals surface area contributed by atoms with Gasteiger partial charge in [0.05, 0.1) is 29.5 Å². The topological polar surface area (TPSA) is 80.7 Å². The number of nitrogens with one attached hydrogen (secondary N) is 2. The Morgan fingerprint density at radius 1 is 1.52 bits per heavy atom. The lowest BCUT2D eigenvalue weighted by atomic mass is 10.2. The molecular formula is C18H22N4O2S. The number of benzene rings is 1. The second-order valence-corrected chi connectivity index (χ2v) is 7.64. The number of carbonyl (C=O) groups is 1. The maximum atomic E-state index is 11.5. The number of aromatic amines is 1. The molecule has 1 fully saturated rings. The molecule has 2 aromatic rings. The molecular weight excluding hydrogens is 336 g/mol.